The molecule has 37 heavy (non-hydrogen) atoms. The van der Waals surface area contributed by atoms with Gasteiger partial charge in [-0.05, 0) is 51.7 Å². The minimum absolute atomic E-state index is 0.311. The van der Waals surface area contributed by atoms with E-state index in [2.05, 4.69) is 17.6 Å². The van der Waals surface area contributed by atoms with Gasteiger partial charge in [-0.15, -0.1) is 0 Å². The second kappa shape index (κ2) is 30.2. The van der Waals surface area contributed by atoms with Gasteiger partial charge in [0.05, 0.1) is 32.5 Å². The molecule has 0 aromatic heterocycles. The smallest absolute Gasteiger partial charge is 0.183 e. The van der Waals surface area contributed by atoms with Crippen molar-refractivity contribution in [2.45, 2.75) is 116 Å². The summed E-state index contributed by atoms with van der Waals surface area (Å²) in [7, 11) is 0. The number of hydrogen-bond donors (Lipinski definition) is 5. The summed E-state index contributed by atoms with van der Waals surface area (Å²) >= 11 is 0. The first-order valence-corrected chi connectivity index (χ1v) is 14.9. The Morgan fingerprint density at radius 3 is 1.86 bits per heavy atom. The molecular weight excluding hydrogens is 476 g/mol. The Bertz CT molecular complexity index is 435. The lowest BCUT2D eigenvalue weighted by atomic mass is 10.1. The van der Waals surface area contributed by atoms with Crippen LogP contribution in [0.5, 0.6) is 0 Å². The van der Waals surface area contributed by atoms with E-state index in [0.717, 1.165) is 71.3 Å². The van der Waals surface area contributed by atoms with Gasteiger partial charge in [0, 0.05) is 13.2 Å². The highest BCUT2D eigenvalue weighted by Gasteiger charge is 2.24. The molecule has 3 atom stereocenters. The lowest BCUT2D eigenvalue weighted by molar-refractivity contribution is -0.189. The van der Waals surface area contributed by atoms with Gasteiger partial charge in [-0.2, -0.15) is 0 Å². The van der Waals surface area contributed by atoms with Crippen molar-refractivity contribution in [2.75, 3.05) is 66.0 Å². The van der Waals surface area contributed by atoms with Crippen molar-refractivity contribution >= 4 is 0 Å². The molecule has 0 saturated carbocycles. The number of rotatable bonds is 31. The van der Waals surface area contributed by atoms with Crippen molar-refractivity contribution in [1.82, 2.24) is 10.6 Å². The number of unbranched alkanes of at least 4 members (excludes halogenated alkanes) is 8. The van der Waals surface area contributed by atoms with Crippen LogP contribution in [0.25, 0.3) is 0 Å². The predicted molar refractivity (Wildman–Crippen MR) is 149 cm³/mol. The second-order valence-electron chi connectivity index (χ2n) is 9.69. The fourth-order valence-corrected chi connectivity index (χ4v) is 3.79. The molecular formula is C28H60N2O7. The molecule has 0 amide bonds. The van der Waals surface area contributed by atoms with Crippen LogP contribution in [0.1, 0.15) is 97.3 Å². The molecule has 224 valence electrons. The Balaban J connectivity index is 3.16. The Morgan fingerprint density at radius 2 is 1.14 bits per heavy atom. The molecule has 0 saturated heterocycles. The Hall–Kier alpha value is -0.360. The minimum atomic E-state index is -1.32. The summed E-state index contributed by atoms with van der Waals surface area (Å²) in [6.07, 6.45) is 10.6. The van der Waals surface area contributed by atoms with Crippen LogP contribution < -0.4 is 10.6 Å². The molecule has 2 unspecified atom stereocenters. The van der Waals surface area contributed by atoms with E-state index in [-0.39, 0.29) is 0 Å². The van der Waals surface area contributed by atoms with Crippen LogP contribution in [-0.4, -0.2) is 99.8 Å². The Morgan fingerprint density at radius 1 is 0.541 bits per heavy atom. The molecule has 5 N–H and O–H groups in total. The number of aliphatic hydroxyl groups is 3. The molecule has 0 aliphatic carbocycles. The van der Waals surface area contributed by atoms with Gasteiger partial charge in [0.25, 0.3) is 0 Å². The van der Waals surface area contributed by atoms with E-state index in [4.69, 9.17) is 18.9 Å². The van der Waals surface area contributed by atoms with Crippen LogP contribution in [0, 0.1) is 0 Å². The van der Waals surface area contributed by atoms with Crippen LogP contribution in [0.15, 0.2) is 0 Å². The molecule has 0 aromatic rings. The topological polar surface area (TPSA) is 122 Å². The molecule has 0 bridgehead atoms. The maximum Gasteiger partial charge on any atom is 0.183 e. The highest BCUT2D eigenvalue weighted by Crippen LogP contribution is 2.09. The second-order valence-corrected chi connectivity index (χ2v) is 9.69. The molecule has 9 heteroatoms. The van der Waals surface area contributed by atoms with E-state index in [0.29, 0.717) is 39.6 Å². The molecule has 9 nitrogen and oxygen atoms in total. The van der Waals surface area contributed by atoms with Crippen LogP contribution in [0.4, 0.5) is 0 Å². The van der Waals surface area contributed by atoms with E-state index >= 15 is 0 Å². The van der Waals surface area contributed by atoms with Gasteiger partial charge in [-0.1, -0.05) is 65.2 Å². The highest BCUT2D eigenvalue weighted by atomic mass is 16.7. The van der Waals surface area contributed by atoms with Gasteiger partial charge in [0.1, 0.15) is 12.9 Å². The van der Waals surface area contributed by atoms with E-state index in [1.807, 2.05) is 6.92 Å². The third-order valence-electron chi connectivity index (χ3n) is 6.12. The van der Waals surface area contributed by atoms with E-state index in [1.165, 1.54) is 38.5 Å². The zero-order valence-electron chi connectivity index (χ0n) is 24.0. The summed E-state index contributed by atoms with van der Waals surface area (Å²) in [5.41, 5.74) is 0. The minimum Gasteiger partial charge on any atom is -0.390 e. The first kappa shape index (κ1) is 36.6. The predicted octanol–water partition coefficient (Wildman–Crippen LogP) is 3.34. The quantitative estimate of drug-likeness (QED) is 0.0671. The average molecular weight is 537 g/mol. The standard InChI is InChI=1S/C28H60N2O7/c1-3-5-6-7-8-11-17-30-19-22-34-23-24-36-25-35-20-14-18-29-16-12-9-10-13-21-37-28(33)27(32)26(31)15-4-2/h26-33H,3-25H2,1-2H3/t26-,27?,28?/m1/s1. The SMILES string of the molecule is CCCCCCCCNCCOCCOCOCCCNCCCCCCOC(O)C(O)[C@H](O)CCC. The van der Waals surface area contributed by atoms with E-state index < -0.39 is 18.5 Å². The number of ether oxygens (including phenoxy) is 4. The van der Waals surface area contributed by atoms with E-state index in [1.54, 1.807) is 0 Å². The third kappa shape index (κ3) is 27.0. The summed E-state index contributed by atoms with van der Waals surface area (Å²) in [4.78, 5) is 0. The molecule has 0 aromatic carbocycles. The molecule has 0 radical (unpaired) electrons. The molecule has 0 aliphatic rings. The largest absolute Gasteiger partial charge is 0.390 e. The zero-order valence-corrected chi connectivity index (χ0v) is 24.0. The fraction of sp³-hybridized carbons (Fsp3) is 1.00. The van der Waals surface area contributed by atoms with Crippen molar-refractivity contribution in [1.29, 1.82) is 0 Å². The lowest BCUT2D eigenvalue weighted by Gasteiger charge is -2.22. The normalized spacial score (nSPS) is 14.2. The number of aliphatic hydroxyl groups excluding tert-OH is 3. The molecule has 0 aliphatic heterocycles. The van der Waals surface area contributed by atoms with Crippen LogP contribution >= 0.6 is 0 Å². The van der Waals surface area contributed by atoms with Crippen LogP contribution in [-0.2, 0) is 18.9 Å². The van der Waals surface area contributed by atoms with Gasteiger partial charge < -0.3 is 44.9 Å². The van der Waals surface area contributed by atoms with Crippen molar-refractivity contribution in [3.05, 3.63) is 0 Å². The first-order valence-electron chi connectivity index (χ1n) is 14.9. The molecule has 0 rings (SSSR count). The van der Waals surface area contributed by atoms with Crippen molar-refractivity contribution < 1.29 is 34.3 Å². The number of nitrogens with one attached hydrogen (secondary N) is 2. The summed E-state index contributed by atoms with van der Waals surface area (Å²) in [6, 6.07) is 0. The van der Waals surface area contributed by atoms with Gasteiger partial charge in [-0.25, -0.2) is 0 Å². The van der Waals surface area contributed by atoms with E-state index in [9.17, 15) is 15.3 Å². The lowest BCUT2D eigenvalue weighted by Crippen LogP contribution is -2.39. The summed E-state index contributed by atoms with van der Waals surface area (Å²) in [6.45, 7) is 11.3. The van der Waals surface area contributed by atoms with Crippen molar-refractivity contribution in [3.8, 4) is 0 Å². The van der Waals surface area contributed by atoms with Crippen molar-refractivity contribution in [3.63, 3.8) is 0 Å². The summed E-state index contributed by atoms with van der Waals surface area (Å²) in [5, 5.41) is 36.0. The molecule has 0 spiro atoms. The maximum absolute atomic E-state index is 9.75. The third-order valence-corrected chi connectivity index (χ3v) is 6.12. The van der Waals surface area contributed by atoms with Crippen LogP contribution in [0.2, 0.25) is 0 Å². The van der Waals surface area contributed by atoms with Gasteiger partial charge in [0.2, 0.25) is 0 Å². The maximum atomic E-state index is 9.75. The summed E-state index contributed by atoms with van der Waals surface area (Å²) in [5.74, 6) is 0. The van der Waals surface area contributed by atoms with Gasteiger partial charge in [0.15, 0.2) is 6.29 Å². The monoisotopic (exact) mass is 536 g/mol. The number of hydrogen-bond acceptors (Lipinski definition) is 9. The Labute approximate surface area is 227 Å². The highest BCUT2D eigenvalue weighted by molar-refractivity contribution is 4.69. The van der Waals surface area contributed by atoms with Gasteiger partial charge >= 0.3 is 0 Å². The van der Waals surface area contributed by atoms with Crippen LogP contribution in [0.3, 0.4) is 0 Å². The van der Waals surface area contributed by atoms with Crippen molar-refractivity contribution in [2.24, 2.45) is 0 Å². The Kier molecular flexibility index (Phi) is 29.9. The zero-order chi connectivity index (χ0) is 27.2. The summed E-state index contributed by atoms with van der Waals surface area (Å²) < 4.78 is 21.7. The molecule has 0 heterocycles. The average Bonchev–Trinajstić information content (AvgIpc) is 2.90. The first-order chi connectivity index (χ1) is 18.1. The molecule has 0 fully saturated rings. The van der Waals surface area contributed by atoms with Gasteiger partial charge in [-0.3, -0.25) is 0 Å². The fourth-order valence-electron chi connectivity index (χ4n) is 3.79.